The zero-order valence-electron chi connectivity index (χ0n) is 10.1. The van der Waals surface area contributed by atoms with Crippen LogP contribution in [0.15, 0.2) is 23.8 Å². The predicted molar refractivity (Wildman–Crippen MR) is 63.9 cm³/mol. The quantitative estimate of drug-likeness (QED) is 0.463. The van der Waals surface area contributed by atoms with Crippen molar-refractivity contribution in [3.8, 4) is 0 Å². The molecule has 2 heteroatoms. The fraction of sp³-hybridized carbons (Fsp3) is 0.643. The molecule has 0 aromatic rings. The Hall–Kier alpha value is -1.05. The third-order valence-corrected chi connectivity index (χ3v) is 3.68. The lowest BCUT2D eigenvalue weighted by molar-refractivity contribution is -0.142. The molecule has 0 aromatic carbocycles. The lowest BCUT2D eigenvalue weighted by atomic mass is 9.86. The zero-order chi connectivity index (χ0) is 11.5. The van der Waals surface area contributed by atoms with Crippen LogP contribution in [0.2, 0.25) is 0 Å². The molecule has 0 bridgehead atoms. The van der Waals surface area contributed by atoms with Crippen LogP contribution < -0.4 is 0 Å². The Labute approximate surface area is 97.4 Å². The molecule has 2 aliphatic rings. The van der Waals surface area contributed by atoms with Gasteiger partial charge in [0.25, 0.3) is 0 Å². The van der Waals surface area contributed by atoms with Crippen LogP contribution in [0.4, 0.5) is 0 Å². The van der Waals surface area contributed by atoms with Crippen molar-refractivity contribution in [3.05, 3.63) is 23.8 Å². The topological polar surface area (TPSA) is 26.3 Å². The summed E-state index contributed by atoms with van der Waals surface area (Å²) in [5.74, 6) is 0.398. The van der Waals surface area contributed by atoms with Crippen LogP contribution in [-0.2, 0) is 9.53 Å². The van der Waals surface area contributed by atoms with Gasteiger partial charge in [0.2, 0.25) is 0 Å². The van der Waals surface area contributed by atoms with E-state index in [2.05, 4.69) is 25.2 Å². The Kier molecular flexibility index (Phi) is 3.47. The van der Waals surface area contributed by atoms with Gasteiger partial charge in [0.1, 0.15) is 6.10 Å². The first-order valence-corrected chi connectivity index (χ1v) is 6.21. The van der Waals surface area contributed by atoms with Gasteiger partial charge in [-0.05, 0) is 38.7 Å². The average Bonchev–Trinajstić information content (AvgIpc) is 2.50. The van der Waals surface area contributed by atoms with Crippen LogP contribution in [0.5, 0.6) is 0 Å². The van der Waals surface area contributed by atoms with E-state index in [0.717, 1.165) is 25.7 Å². The van der Waals surface area contributed by atoms with Gasteiger partial charge in [-0.1, -0.05) is 24.6 Å². The summed E-state index contributed by atoms with van der Waals surface area (Å²) >= 11 is 0. The molecule has 3 unspecified atom stereocenters. The number of ether oxygens (including phenoxy) is 1. The molecule has 0 radical (unpaired) electrons. The summed E-state index contributed by atoms with van der Waals surface area (Å²) in [6.45, 7) is 4.12. The third-order valence-electron chi connectivity index (χ3n) is 3.68. The van der Waals surface area contributed by atoms with Crippen molar-refractivity contribution in [2.24, 2.45) is 11.8 Å². The number of esters is 1. The summed E-state index contributed by atoms with van der Waals surface area (Å²) in [4.78, 5) is 11.6. The van der Waals surface area contributed by atoms with E-state index in [9.17, 15) is 4.79 Å². The minimum absolute atomic E-state index is 0.0222. The van der Waals surface area contributed by atoms with Crippen LogP contribution in [0.1, 0.15) is 39.5 Å². The minimum atomic E-state index is -0.0257. The zero-order valence-corrected chi connectivity index (χ0v) is 10.1. The van der Waals surface area contributed by atoms with Crippen molar-refractivity contribution in [1.82, 2.24) is 0 Å². The number of hydrogen-bond acceptors (Lipinski definition) is 2. The molecule has 2 nitrogen and oxygen atoms in total. The molecule has 88 valence electrons. The van der Waals surface area contributed by atoms with E-state index in [1.165, 1.54) is 5.57 Å². The molecule has 16 heavy (non-hydrogen) atoms. The molecule has 2 rings (SSSR count). The number of carbonyl (C=O) groups excluding carboxylic acids is 1. The Morgan fingerprint density at radius 1 is 1.31 bits per heavy atom. The maximum absolute atomic E-state index is 11.6. The molecule has 0 amide bonds. The van der Waals surface area contributed by atoms with Gasteiger partial charge in [-0.25, -0.2) is 0 Å². The summed E-state index contributed by atoms with van der Waals surface area (Å²) in [6, 6.07) is 0. The maximum atomic E-state index is 11.6. The van der Waals surface area contributed by atoms with Crippen LogP contribution >= 0.6 is 0 Å². The molecule has 0 spiro atoms. The molecule has 0 saturated carbocycles. The van der Waals surface area contributed by atoms with Crippen LogP contribution in [-0.4, -0.2) is 12.1 Å². The molecule has 1 aliphatic carbocycles. The second-order valence-corrected chi connectivity index (χ2v) is 4.95. The van der Waals surface area contributed by atoms with Crippen molar-refractivity contribution < 1.29 is 9.53 Å². The smallest absolute Gasteiger partial charge is 0.309 e. The molecule has 1 saturated heterocycles. The van der Waals surface area contributed by atoms with E-state index in [0.29, 0.717) is 5.92 Å². The number of rotatable bonds is 0. The van der Waals surface area contributed by atoms with Crippen molar-refractivity contribution in [1.29, 1.82) is 0 Å². The molecule has 1 aliphatic heterocycles. The number of allylic oxidation sites excluding steroid dienone is 3. The van der Waals surface area contributed by atoms with E-state index < -0.39 is 0 Å². The Balaban J connectivity index is 2.18. The molecule has 0 aromatic heterocycles. The second kappa shape index (κ2) is 4.86. The highest BCUT2D eigenvalue weighted by molar-refractivity contribution is 5.75. The second-order valence-electron chi connectivity index (χ2n) is 4.95. The first-order chi connectivity index (χ1) is 7.68. The van der Waals surface area contributed by atoms with E-state index in [1.54, 1.807) is 0 Å². The SMILES string of the molecule is CC1=CC2OC(=O)C(C)C2CCC=CCC1. The molecule has 1 fully saturated rings. The lowest BCUT2D eigenvalue weighted by Crippen LogP contribution is -2.18. The number of fused-ring (bicyclic) bond motifs is 1. The van der Waals surface area contributed by atoms with Gasteiger partial charge in [-0.2, -0.15) is 0 Å². The summed E-state index contributed by atoms with van der Waals surface area (Å²) in [5.41, 5.74) is 1.34. The minimum Gasteiger partial charge on any atom is -0.458 e. The fourth-order valence-electron chi connectivity index (χ4n) is 2.56. The van der Waals surface area contributed by atoms with Gasteiger partial charge in [0, 0.05) is 5.92 Å². The first kappa shape index (κ1) is 11.4. The molecule has 1 heterocycles. The monoisotopic (exact) mass is 220 g/mol. The fourth-order valence-corrected chi connectivity index (χ4v) is 2.56. The standard InChI is InChI=1S/C14H20O2/c1-10-7-5-3-4-6-8-12-11(2)14(15)16-13(12)9-10/h3-4,9,11-13H,5-8H2,1-2H3. The normalized spacial score (nSPS) is 35.2. The first-order valence-electron chi connectivity index (χ1n) is 6.21. The lowest BCUT2D eigenvalue weighted by Gasteiger charge is -2.17. The van der Waals surface area contributed by atoms with E-state index in [1.807, 2.05) is 6.92 Å². The Bertz CT molecular complexity index is 328. The molecular formula is C14H20O2. The molecular weight excluding hydrogens is 200 g/mol. The summed E-state index contributed by atoms with van der Waals surface area (Å²) in [6.07, 6.45) is 11.0. The largest absolute Gasteiger partial charge is 0.458 e. The van der Waals surface area contributed by atoms with E-state index in [-0.39, 0.29) is 18.0 Å². The van der Waals surface area contributed by atoms with E-state index >= 15 is 0 Å². The van der Waals surface area contributed by atoms with Crippen molar-refractivity contribution in [3.63, 3.8) is 0 Å². The number of hydrogen-bond donors (Lipinski definition) is 0. The van der Waals surface area contributed by atoms with Crippen molar-refractivity contribution >= 4 is 5.97 Å². The summed E-state index contributed by atoms with van der Waals surface area (Å²) in [5, 5.41) is 0. The summed E-state index contributed by atoms with van der Waals surface area (Å²) < 4.78 is 5.44. The average molecular weight is 220 g/mol. The Morgan fingerprint density at radius 3 is 2.88 bits per heavy atom. The van der Waals surface area contributed by atoms with Gasteiger partial charge in [0.05, 0.1) is 5.92 Å². The van der Waals surface area contributed by atoms with Gasteiger partial charge >= 0.3 is 5.97 Å². The Morgan fingerprint density at radius 2 is 2.06 bits per heavy atom. The van der Waals surface area contributed by atoms with Crippen molar-refractivity contribution in [2.75, 3.05) is 0 Å². The van der Waals surface area contributed by atoms with Crippen LogP contribution in [0.3, 0.4) is 0 Å². The highest BCUT2D eigenvalue weighted by Gasteiger charge is 2.39. The highest BCUT2D eigenvalue weighted by Crippen LogP contribution is 2.34. The third kappa shape index (κ3) is 2.37. The van der Waals surface area contributed by atoms with E-state index in [4.69, 9.17) is 4.74 Å². The maximum Gasteiger partial charge on any atom is 0.309 e. The highest BCUT2D eigenvalue weighted by atomic mass is 16.6. The van der Waals surface area contributed by atoms with Crippen LogP contribution in [0.25, 0.3) is 0 Å². The predicted octanol–water partition coefficient (Wildman–Crippen LogP) is 3.24. The van der Waals surface area contributed by atoms with Gasteiger partial charge in [-0.3, -0.25) is 4.79 Å². The summed E-state index contributed by atoms with van der Waals surface area (Å²) in [7, 11) is 0. The van der Waals surface area contributed by atoms with Gasteiger partial charge in [-0.15, -0.1) is 0 Å². The molecule has 3 atom stereocenters. The van der Waals surface area contributed by atoms with Crippen molar-refractivity contribution in [2.45, 2.75) is 45.6 Å². The molecule has 0 N–H and O–H groups in total. The number of carbonyl (C=O) groups is 1. The van der Waals surface area contributed by atoms with Crippen LogP contribution in [0, 0.1) is 11.8 Å². The van der Waals surface area contributed by atoms with Gasteiger partial charge in [0.15, 0.2) is 0 Å². The van der Waals surface area contributed by atoms with Gasteiger partial charge < -0.3 is 4.74 Å².